The van der Waals surface area contributed by atoms with E-state index in [4.69, 9.17) is 9.47 Å². The molecule has 2 aromatic carbocycles. The van der Waals surface area contributed by atoms with Gasteiger partial charge in [0.2, 0.25) is 5.91 Å². The van der Waals surface area contributed by atoms with Crippen molar-refractivity contribution >= 4 is 11.9 Å². The zero-order valence-corrected chi connectivity index (χ0v) is 14.9. The lowest BCUT2D eigenvalue weighted by molar-refractivity contribution is -0.305. The van der Waals surface area contributed by atoms with Gasteiger partial charge in [0.25, 0.3) is 0 Å². The fourth-order valence-electron chi connectivity index (χ4n) is 2.29. The van der Waals surface area contributed by atoms with Crippen LogP contribution in [0.25, 0.3) is 0 Å². The van der Waals surface area contributed by atoms with Crippen molar-refractivity contribution in [3.8, 4) is 11.5 Å². The highest BCUT2D eigenvalue weighted by atomic mass is 16.5. The maximum absolute atomic E-state index is 11.6. The molecule has 6 nitrogen and oxygen atoms in total. The first-order chi connectivity index (χ1) is 12.5. The van der Waals surface area contributed by atoms with Crippen molar-refractivity contribution in [3.05, 3.63) is 59.2 Å². The van der Waals surface area contributed by atoms with Crippen molar-refractivity contribution in [1.82, 2.24) is 5.32 Å². The van der Waals surface area contributed by atoms with E-state index in [1.54, 1.807) is 19.2 Å². The zero-order chi connectivity index (χ0) is 18.9. The van der Waals surface area contributed by atoms with Gasteiger partial charge in [-0.15, -0.1) is 0 Å². The largest absolute Gasteiger partial charge is 0.550 e. The van der Waals surface area contributed by atoms with Gasteiger partial charge in [0.1, 0.15) is 6.61 Å². The van der Waals surface area contributed by atoms with Crippen LogP contribution in [0.3, 0.4) is 0 Å². The molecular weight excluding hydrogens is 334 g/mol. The Kier molecular flexibility index (Phi) is 7.02. The normalized spacial score (nSPS) is 10.2. The molecule has 0 saturated heterocycles. The van der Waals surface area contributed by atoms with Gasteiger partial charge in [-0.3, -0.25) is 4.79 Å². The van der Waals surface area contributed by atoms with Gasteiger partial charge in [-0.1, -0.05) is 35.9 Å². The molecule has 0 atom stereocenters. The van der Waals surface area contributed by atoms with Crippen molar-refractivity contribution in [2.45, 2.75) is 32.9 Å². The van der Waals surface area contributed by atoms with E-state index in [2.05, 4.69) is 5.32 Å². The standard InChI is InChI=1S/C20H23NO5/c1-14-3-5-15(6-4-14)13-26-17-8-7-16(11-18(17)25-2)12-21-19(22)9-10-20(23)24/h3-8,11H,9-10,12-13H2,1-2H3,(H,21,22)(H,23,24)/p-1. The second-order valence-electron chi connectivity index (χ2n) is 5.91. The summed E-state index contributed by atoms with van der Waals surface area (Å²) < 4.78 is 11.2. The van der Waals surface area contributed by atoms with E-state index in [1.165, 1.54) is 5.56 Å². The third-order valence-electron chi connectivity index (χ3n) is 3.79. The molecule has 26 heavy (non-hydrogen) atoms. The molecule has 0 aliphatic carbocycles. The minimum Gasteiger partial charge on any atom is -0.550 e. The Morgan fingerprint density at radius 3 is 2.35 bits per heavy atom. The van der Waals surface area contributed by atoms with Crippen molar-refractivity contribution in [2.24, 2.45) is 0 Å². The van der Waals surface area contributed by atoms with Gasteiger partial charge in [-0.2, -0.15) is 0 Å². The SMILES string of the molecule is COc1cc(CNC(=O)CCC(=O)[O-])ccc1OCc1ccc(C)cc1. The van der Waals surface area contributed by atoms with E-state index in [1.807, 2.05) is 37.3 Å². The molecule has 138 valence electrons. The predicted molar refractivity (Wildman–Crippen MR) is 94.6 cm³/mol. The molecule has 1 N–H and O–H groups in total. The number of carboxylic acid groups (broad SMARTS) is 1. The number of benzene rings is 2. The van der Waals surface area contributed by atoms with E-state index >= 15 is 0 Å². The number of carbonyl (C=O) groups is 2. The highest BCUT2D eigenvalue weighted by molar-refractivity contribution is 5.79. The topological polar surface area (TPSA) is 87.7 Å². The Labute approximate surface area is 152 Å². The molecule has 2 rings (SSSR count). The molecule has 0 aliphatic heterocycles. The molecule has 0 heterocycles. The van der Waals surface area contributed by atoms with Crippen molar-refractivity contribution in [3.63, 3.8) is 0 Å². The van der Waals surface area contributed by atoms with E-state index in [9.17, 15) is 14.7 Å². The summed E-state index contributed by atoms with van der Waals surface area (Å²) in [6.45, 7) is 2.74. The molecule has 0 aliphatic rings. The lowest BCUT2D eigenvalue weighted by Gasteiger charge is -2.13. The van der Waals surface area contributed by atoms with Crippen LogP contribution < -0.4 is 19.9 Å². The van der Waals surface area contributed by atoms with Crippen molar-refractivity contribution < 1.29 is 24.2 Å². The summed E-state index contributed by atoms with van der Waals surface area (Å²) in [4.78, 5) is 21.9. The summed E-state index contributed by atoms with van der Waals surface area (Å²) >= 11 is 0. The number of aliphatic carboxylic acids is 1. The molecule has 0 saturated carbocycles. The number of carboxylic acids is 1. The van der Waals surface area contributed by atoms with Gasteiger partial charge >= 0.3 is 0 Å². The number of nitrogens with one attached hydrogen (secondary N) is 1. The average molecular weight is 356 g/mol. The van der Waals surface area contributed by atoms with Gasteiger partial charge in [-0.05, 0) is 36.6 Å². The molecule has 0 bridgehead atoms. The van der Waals surface area contributed by atoms with Crippen LogP contribution in [-0.4, -0.2) is 19.0 Å². The fourth-order valence-corrected chi connectivity index (χ4v) is 2.29. The van der Waals surface area contributed by atoms with Crippen LogP contribution in [0.1, 0.15) is 29.5 Å². The van der Waals surface area contributed by atoms with E-state index in [-0.39, 0.29) is 25.3 Å². The zero-order valence-electron chi connectivity index (χ0n) is 14.9. The van der Waals surface area contributed by atoms with Crippen LogP contribution in [0.15, 0.2) is 42.5 Å². The molecule has 0 aromatic heterocycles. The third kappa shape index (κ3) is 6.12. The number of aryl methyl sites for hydroxylation is 1. The van der Waals surface area contributed by atoms with Gasteiger partial charge in [0.15, 0.2) is 11.5 Å². The maximum atomic E-state index is 11.6. The number of ether oxygens (including phenoxy) is 2. The first-order valence-corrected chi connectivity index (χ1v) is 8.29. The van der Waals surface area contributed by atoms with Gasteiger partial charge in [0, 0.05) is 18.9 Å². The maximum Gasteiger partial charge on any atom is 0.220 e. The number of rotatable bonds is 9. The fraction of sp³-hybridized carbons (Fsp3) is 0.300. The van der Waals surface area contributed by atoms with Gasteiger partial charge < -0.3 is 24.7 Å². The quantitative estimate of drug-likeness (QED) is 0.739. The Morgan fingerprint density at radius 1 is 1.00 bits per heavy atom. The first kappa shape index (κ1) is 19.3. The highest BCUT2D eigenvalue weighted by Gasteiger charge is 2.08. The van der Waals surface area contributed by atoms with Gasteiger partial charge in [0.05, 0.1) is 7.11 Å². The molecule has 0 radical (unpaired) electrons. The van der Waals surface area contributed by atoms with Crippen molar-refractivity contribution in [1.29, 1.82) is 0 Å². The average Bonchev–Trinajstić information content (AvgIpc) is 2.64. The van der Waals surface area contributed by atoms with E-state index in [0.29, 0.717) is 18.1 Å². The van der Waals surface area contributed by atoms with Crippen LogP contribution in [0.4, 0.5) is 0 Å². The summed E-state index contributed by atoms with van der Waals surface area (Å²) in [5.74, 6) is -0.400. The molecule has 1 amide bonds. The number of amides is 1. The smallest absolute Gasteiger partial charge is 0.220 e. The van der Waals surface area contributed by atoms with Crippen LogP contribution in [0.5, 0.6) is 11.5 Å². The molecule has 0 fully saturated rings. The lowest BCUT2D eigenvalue weighted by atomic mass is 10.1. The Balaban J connectivity index is 1.92. The lowest BCUT2D eigenvalue weighted by Crippen LogP contribution is -2.27. The second-order valence-corrected chi connectivity index (χ2v) is 5.91. The number of hydrogen-bond acceptors (Lipinski definition) is 5. The van der Waals surface area contributed by atoms with E-state index < -0.39 is 5.97 Å². The molecule has 2 aromatic rings. The summed E-state index contributed by atoms with van der Waals surface area (Å²) in [6, 6.07) is 13.5. The Morgan fingerprint density at radius 2 is 1.69 bits per heavy atom. The molecule has 0 spiro atoms. The minimum absolute atomic E-state index is 0.1000. The summed E-state index contributed by atoms with van der Waals surface area (Å²) in [7, 11) is 1.55. The van der Waals surface area contributed by atoms with Crippen LogP contribution in [0, 0.1) is 6.92 Å². The molecule has 0 unspecified atom stereocenters. The van der Waals surface area contributed by atoms with Gasteiger partial charge in [-0.25, -0.2) is 0 Å². The Bertz CT molecular complexity index is 755. The third-order valence-corrected chi connectivity index (χ3v) is 3.79. The van der Waals surface area contributed by atoms with E-state index in [0.717, 1.165) is 11.1 Å². The minimum atomic E-state index is -1.24. The summed E-state index contributed by atoms with van der Waals surface area (Å²) in [5, 5.41) is 13.0. The molecular formula is C20H22NO5-. The highest BCUT2D eigenvalue weighted by Crippen LogP contribution is 2.28. The van der Waals surface area contributed by atoms with Crippen LogP contribution in [0.2, 0.25) is 0 Å². The van der Waals surface area contributed by atoms with Crippen LogP contribution in [-0.2, 0) is 22.7 Å². The summed E-state index contributed by atoms with van der Waals surface area (Å²) in [5.41, 5.74) is 3.07. The van der Waals surface area contributed by atoms with Crippen LogP contribution >= 0.6 is 0 Å². The number of carbonyl (C=O) groups excluding carboxylic acids is 2. The predicted octanol–water partition coefficient (Wildman–Crippen LogP) is 1.73. The molecule has 6 heteroatoms. The van der Waals surface area contributed by atoms with Crippen molar-refractivity contribution in [2.75, 3.05) is 7.11 Å². The second kappa shape index (κ2) is 9.46. The Hall–Kier alpha value is -3.02. The first-order valence-electron chi connectivity index (χ1n) is 8.29. The number of hydrogen-bond donors (Lipinski definition) is 1. The monoisotopic (exact) mass is 356 g/mol. The summed E-state index contributed by atoms with van der Waals surface area (Å²) in [6.07, 6.45) is -0.391. The number of methoxy groups -OCH3 is 1.